The first-order valence-electron chi connectivity index (χ1n) is 7.25. The molecule has 0 radical (unpaired) electrons. The molecule has 0 aliphatic heterocycles. The second kappa shape index (κ2) is 5.23. The summed E-state index contributed by atoms with van der Waals surface area (Å²) in [6.45, 7) is 5.33. The van der Waals surface area contributed by atoms with E-state index in [-0.39, 0.29) is 0 Å². The molecule has 0 saturated heterocycles. The van der Waals surface area contributed by atoms with Crippen LogP contribution in [0.5, 0.6) is 0 Å². The molecule has 1 aromatic carbocycles. The first-order chi connectivity index (χ1) is 9.41. The number of aryl methyl sites for hydroxylation is 1. The molecule has 0 bridgehead atoms. The van der Waals surface area contributed by atoms with Crippen molar-refractivity contribution in [3.63, 3.8) is 0 Å². The van der Waals surface area contributed by atoms with Crippen LogP contribution in [0, 0.1) is 12.8 Å². The average Bonchev–Trinajstić information content (AvgIpc) is 2.58. The fraction of sp³-hybridized carbons (Fsp3) is 0.529. The SMILES string of the molecule is Cc1cccc2c1C[C@@]1(I)C/C(=C\CN)[C@H](C)[C@@]1(I)C2. The summed E-state index contributed by atoms with van der Waals surface area (Å²) in [5, 5.41) is 0. The molecular weight excluding hydrogens is 472 g/mol. The van der Waals surface area contributed by atoms with E-state index in [1.54, 1.807) is 16.7 Å². The van der Waals surface area contributed by atoms with E-state index in [4.69, 9.17) is 5.73 Å². The largest absolute Gasteiger partial charge is 0.327 e. The van der Waals surface area contributed by atoms with Crippen LogP contribution in [0.3, 0.4) is 0 Å². The van der Waals surface area contributed by atoms with Gasteiger partial charge in [0.2, 0.25) is 0 Å². The van der Waals surface area contributed by atoms with Gasteiger partial charge in [0.25, 0.3) is 0 Å². The normalized spacial score (nSPS) is 37.9. The lowest BCUT2D eigenvalue weighted by molar-refractivity contribution is 0.428. The zero-order valence-electron chi connectivity index (χ0n) is 12.0. The number of halogens is 2. The summed E-state index contributed by atoms with van der Waals surface area (Å²) in [7, 11) is 0. The highest BCUT2D eigenvalue weighted by atomic mass is 127. The molecule has 0 spiro atoms. The Morgan fingerprint density at radius 2 is 2.05 bits per heavy atom. The Kier molecular flexibility index (Phi) is 4.00. The van der Waals surface area contributed by atoms with Gasteiger partial charge < -0.3 is 5.73 Å². The van der Waals surface area contributed by atoms with Crippen LogP contribution in [-0.4, -0.2) is 13.4 Å². The number of rotatable bonds is 1. The van der Waals surface area contributed by atoms with Crippen molar-refractivity contribution in [2.24, 2.45) is 11.7 Å². The Hall–Kier alpha value is 0.380. The lowest BCUT2D eigenvalue weighted by Gasteiger charge is -2.45. The van der Waals surface area contributed by atoms with Gasteiger partial charge in [-0.15, -0.1) is 0 Å². The van der Waals surface area contributed by atoms with Crippen molar-refractivity contribution in [1.29, 1.82) is 0 Å². The van der Waals surface area contributed by atoms with Crippen molar-refractivity contribution in [2.45, 2.75) is 40.0 Å². The number of fused-ring (bicyclic) bond motifs is 2. The zero-order valence-corrected chi connectivity index (χ0v) is 16.4. The number of alkyl halides is 2. The minimum atomic E-state index is 0.327. The van der Waals surface area contributed by atoms with E-state index in [9.17, 15) is 0 Å². The summed E-state index contributed by atoms with van der Waals surface area (Å²) in [6, 6.07) is 6.80. The third kappa shape index (κ3) is 2.10. The summed E-state index contributed by atoms with van der Waals surface area (Å²) in [5.74, 6) is 0.622. The molecule has 1 nitrogen and oxygen atoms in total. The predicted molar refractivity (Wildman–Crippen MR) is 103 cm³/mol. The predicted octanol–water partition coefficient (Wildman–Crippen LogP) is 4.37. The first-order valence-corrected chi connectivity index (χ1v) is 9.41. The molecule has 20 heavy (non-hydrogen) atoms. The topological polar surface area (TPSA) is 26.0 Å². The van der Waals surface area contributed by atoms with E-state index in [1.165, 1.54) is 24.8 Å². The highest BCUT2D eigenvalue weighted by Gasteiger charge is 2.59. The highest BCUT2D eigenvalue weighted by Crippen LogP contribution is 2.62. The van der Waals surface area contributed by atoms with Gasteiger partial charge in [-0.25, -0.2) is 0 Å². The molecule has 1 saturated carbocycles. The molecule has 0 aromatic heterocycles. The second-order valence-corrected chi connectivity index (χ2v) is 10.3. The Balaban J connectivity index is 2.10. The van der Waals surface area contributed by atoms with Crippen molar-refractivity contribution in [3.05, 3.63) is 46.5 Å². The van der Waals surface area contributed by atoms with Gasteiger partial charge in [0, 0.05) is 13.4 Å². The van der Waals surface area contributed by atoms with Crippen LogP contribution in [0.1, 0.15) is 30.0 Å². The Labute approximate surface area is 149 Å². The molecule has 3 rings (SSSR count). The standard InChI is InChI=1S/C17H21I2N/c1-11-4-3-5-14-9-17(19)12(2)13(6-7-20)8-16(17,18)10-15(11)14/h3-6,12H,7-10,20H2,1-2H3/b13-6+/t12-,16-,17-/m0/s1. The number of hydrogen-bond donors (Lipinski definition) is 1. The fourth-order valence-corrected chi connectivity index (χ4v) is 6.64. The van der Waals surface area contributed by atoms with Crippen molar-refractivity contribution in [1.82, 2.24) is 0 Å². The van der Waals surface area contributed by atoms with Crippen molar-refractivity contribution in [2.75, 3.05) is 6.54 Å². The Bertz CT molecular complexity index is 580. The molecule has 0 heterocycles. The minimum Gasteiger partial charge on any atom is -0.327 e. The maximum absolute atomic E-state index is 5.77. The van der Waals surface area contributed by atoms with Crippen molar-refractivity contribution >= 4 is 45.2 Å². The van der Waals surface area contributed by atoms with Crippen LogP contribution < -0.4 is 5.73 Å². The van der Waals surface area contributed by atoms with Crippen LogP contribution in [0.4, 0.5) is 0 Å². The van der Waals surface area contributed by atoms with Gasteiger partial charge in [0.15, 0.2) is 0 Å². The van der Waals surface area contributed by atoms with Gasteiger partial charge in [-0.2, -0.15) is 0 Å². The van der Waals surface area contributed by atoms with E-state index < -0.39 is 0 Å². The molecule has 2 N–H and O–H groups in total. The first kappa shape index (κ1) is 15.3. The number of hydrogen-bond acceptors (Lipinski definition) is 1. The molecule has 108 valence electrons. The lowest BCUT2D eigenvalue weighted by Crippen LogP contribution is -2.49. The number of benzene rings is 1. The minimum absolute atomic E-state index is 0.327. The van der Waals surface area contributed by atoms with Gasteiger partial charge in [-0.05, 0) is 48.8 Å². The lowest BCUT2D eigenvalue weighted by atomic mass is 9.74. The molecule has 1 fully saturated rings. The van der Waals surface area contributed by atoms with E-state index in [0.717, 1.165) is 0 Å². The van der Waals surface area contributed by atoms with Gasteiger partial charge in [0.1, 0.15) is 0 Å². The summed E-state index contributed by atoms with van der Waals surface area (Å²) < 4.78 is 0.665. The summed E-state index contributed by atoms with van der Waals surface area (Å²) in [5.41, 5.74) is 12.0. The maximum atomic E-state index is 5.77. The maximum Gasteiger partial charge on any atom is 0.0476 e. The molecule has 1 aromatic rings. The Morgan fingerprint density at radius 1 is 1.30 bits per heavy atom. The molecule has 2 aliphatic rings. The van der Waals surface area contributed by atoms with Gasteiger partial charge in [0.05, 0.1) is 0 Å². The Morgan fingerprint density at radius 3 is 2.75 bits per heavy atom. The molecule has 0 unspecified atom stereocenters. The molecule has 3 atom stereocenters. The van der Waals surface area contributed by atoms with Crippen LogP contribution >= 0.6 is 45.2 Å². The summed E-state index contributed by atoms with van der Waals surface area (Å²) >= 11 is 5.51. The molecular formula is C17H21I2N. The average molecular weight is 493 g/mol. The van der Waals surface area contributed by atoms with Crippen LogP contribution in [0.15, 0.2) is 29.8 Å². The molecule has 0 amide bonds. The monoisotopic (exact) mass is 493 g/mol. The summed E-state index contributed by atoms with van der Waals surface area (Å²) in [4.78, 5) is 0. The second-order valence-electron chi connectivity index (χ2n) is 6.31. The quantitative estimate of drug-likeness (QED) is 0.351. The van der Waals surface area contributed by atoms with Crippen LogP contribution in [0.25, 0.3) is 0 Å². The van der Waals surface area contributed by atoms with Gasteiger partial charge in [-0.3, -0.25) is 0 Å². The highest BCUT2D eigenvalue weighted by molar-refractivity contribution is 14.1. The van der Waals surface area contributed by atoms with Gasteiger partial charge >= 0.3 is 0 Å². The van der Waals surface area contributed by atoms with Crippen LogP contribution in [-0.2, 0) is 12.8 Å². The smallest absolute Gasteiger partial charge is 0.0476 e. The molecule has 2 aliphatic carbocycles. The fourth-order valence-electron chi connectivity index (χ4n) is 3.97. The van der Waals surface area contributed by atoms with E-state index >= 15 is 0 Å². The number of allylic oxidation sites excluding steroid dienone is 1. The third-order valence-electron chi connectivity index (χ3n) is 5.26. The van der Waals surface area contributed by atoms with E-state index in [1.807, 2.05) is 0 Å². The van der Waals surface area contributed by atoms with E-state index in [0.29, 0.717) is 19.3 Å². The van der Waals surface area contributed by atoms with E-state index in [2.05, 4.69) is 83.3 Å². The van der Waals surface area contributed by atoms with Crippen LogP contribution in [0.2, 0.25) is 0 Å². The van der Waals surface area contributed by atoms with Gasteiger partial charge in [-0.1, -0.05) is 82.0 Å². The number of nitrogens with two attached hydrogens (primary N) is 1. The zero-order chi connectivity index (χ0) is 14.5. The van der Waals surface area contributed by atoms with Crippen molar-refractivity contribution < 1.29 is 0 Å². The molecule has 3 heteroatoms. The third-order valence-corrected chi connectivity index (χ3v) is 10.4. The summed E-state index contributed by atoms with van der Waals surface area (Å²) in [6.07, 6.45) is 5.85. The van der Waals surface area contributed by atoms with Crippen molar-refractivity contribution in [3.8, 4) is 0 Å².